The van der Waals surface area contributed by atoms with Gasteiger partial charge in [-0.15, -0.1) is 0 Å². The number of aryl methyl sites for hydroxylation is 4. The lowest BCUT2D eigenvalue weighted by Gasteiger charge is -2.36. The fourth-order valence-electron chi connectivity index (χ4n) is 5.47. The van der Waals surface area contributed by atoms with Gasteiger partial charge in [-0.3, -0.25) is 9.58 Å². The minimum Gasteiger partial charge on any atom is -0.383 e. The first kappa shape index (κ1) is 22.8. The Hall–Kier alpha value is -2.43. The summed E-state index contributed by atoms with van der Waals surface area (Å²) < 4.78 is 7.86. The van der Waals surface area contributed by atoms with Crippen molar-refractivity contribution in [1.29, 1.82) is 0 Å². The summed E-state index contributed by atoms with van der Waals surface area (Å²) in [6.07, 6.45) is 2.02. The van der Waals surface area contributed by atoms with Crippen LogP contribution in [0, 0.1) is 20.8 Å². The van der Waals surface area contributed by atoms with Crippen molar-refractivity contribution in [3.05, 3.63) is 75.5 Å². The third kappa shape index (κ3) is 4.26. The Labute approximate surface area is 193 Å². The average Bonchev–Trinajstić information content (AvgIpc) is 3.10. The molecule has 0 fully saturated rings. The first-order valence-corrected chi connectivity index (χ1v) is 11.9. The van der Waals surface area contributed by atoms with Gasteiger partial charge in [0.05, 0.1) is 18.0 Å². The Morgan fingerprint density at radius 2 is 1.72 bits per heavy atom. The van der Waals surface area contributed by atoms with Gasteiger partial charge in [0, 0.05) is 43.9 Å². The maximum atomic E-state index is 5.63. The van der Waals surface area contributed by atoms with E-state index in [1.54, 1.807) is 0 Å². The number of nitrogens with zero attached hydrogens (tertiary/aromatic N) is 3. The zero-order chi connectivity index (χ0) is 22.8. The average molecular weight is 432 g/mol. The molecule has 0 bridgehead atoms. The molecule has 32 heavy (non-hydrogen) atoms. The molecule has 2 aromatic carbocycles. The Bertz CT molecular complexity index is 1080. The first-order chi connectivity index (χ1) is 15.5. The third-order valence-electron chi connectivity index (χ3n) is 6.91. The van der Waals surface area contributed by atoms with Crippen LogP contribution in [-0.4, -0.2) is 34.4 Å². The number of aromatic nitrogens is 2. The van der Waals surface area contributed by atoms with E-state index in [2.05, 4.69) is 80.6 Å². The fraction of sp³-hybridized carbons (Fsp3) is 0.464. The maximum Gasteiger partial charge on any atom is 0.0963 e. The molecule has 0 N–H and O–H groups in total. The molecule has 170 valence electrons. The van der Waals surface area contributed by atoms with Crippen LogP contribution in [0.3, 0.4) is 0 Å². The first-order valence-electron chi connectivity index (χ1n) is 11.9. The van der Waals surface area contributed by atoms with Crippen molar-refractivity contribution in [2.45, 2.75) is 73.1 Å². The molecular formula is C28H37N3O. The highest BCUT2D eigenvalue weighted by molar-refractivity contribution is 5.71. The Kier molecular flexibility index (Phi) is 6.82. The Morgan fingerprint density at radius 1 is 1.03 bits per heavy atom. The highest BCUT2D eigenvalue weighted by Gasteiger charge is 2.29. The second kappa shape index (κ2) is 9.60. The van der Waals surface area contributed by atoms with Crippen LogP contribution in [0.2, 0.25) is 0 Å². The third-order valence-corrected chi connectivity index (χ3v) is 6.91. The molecule has 1 unspecified atom stereocenters. The van der Waals surface area contributed by atoms with Gasteiger partial charge in [0.15, 0.2) is 0 Å². The summed E-state index contributed by atoms with van der Waals surface area (Å²) in [5, 5.41) is 5.16. The quantitative estimate of drug-likeness (QED) is 0.486. The van der Waals surface area contributed by atoms with Gasteiger partial charge in [-0.25, -0.2) is 0 Å². The summed E-state index contributed by atoms with van der Waals surface area (Å²) in [7, 11) is 1.81. The molecule has 3 aromatic rings. The predicted molar refractivity (Wildman–Crippen MR) is 132 cm³/mol. The highest BCUT2D eigenvalue weighted by atomic mass is 16.5. The summed E-state index contributed by atoms with van der Waals surface area (Å²) in [4.78, 5) is 2.59. The van der Waals surface area contributed by atoms with Gasteiger partial charge >= 0.3 is 0 Å². The molecule has 2 heterocycles. The Morgan fingerprint density at radius 3 is 2.34 bits per heavy atom. The number of hydrogen-bond acceptors (Lipinski definition) is 3. The Balaban J connectivity index is 1.76. The normalized spacial score (nSPS) is 16.4. The number of ether oxygens (including phenoxy) is 1. The smallest absolute Gasteiger partial charge is 0.0963 e. The SMILES string of the molecule is CCc1c(-c2c(C)cc(C)cc2C)nn(CC)c1CN1Cc2ccccc2CC1COC. The molecule has 0 aliphatic carbocycles. The van der Waals surface area contributed by atoms with Gasteiger partial charge < -0.3 is 4.74 Å². The minimum atomic E-state index is 0.381. The van der Waals surface area contributed by atoms with Crippen molar-refractivity contribution < 1.29 is 4.74 Å². The van der Waals surface area contributed by atoms with Crippen LogP contribution >= 0.6 is 0 Å². The standard InChI is InChI=1S/C28H37N3O/c1-7-25-26(17-30-16-23-12-10-9-11-22(23)15-24(30)18-32-6)31(8-2)29-28(25)27-20(4)13-19(3)14-21(27)5/h9-14,24H,7-8,15-18H2,1-6H3. The molecule has 1 aliphatic heterocycles. The van der Waals surface area contributed by atoms with Crippen LogP contribution in [-0.2, 0) is 37.2 Å². The van der Waals surface area contributed by atoms with E-state index in [1.807, 2.05) is 7.11 Å². The van der Waals surface area contributed by atoms with Crippen molar-refractivity contribution in [3.8, 4) is 11.3 Å². The number of rotatable bonds is 7. The van der Waals surface area contributed by atoms with E-state index in [0.29, 0.717) is 6.04 Å². The molecule has 0 saturated carbocycles. The van der Waals surface area contributed by atoms with Gasteiger partial charge in [0.25, 0.3) is 0 Å². The zero-order valence-corrected chi connectivity index (χ0v) is 20.5. The summed E-state index contributed by atoms with van der Waals surface area (Å²) >= 11 is 0. The summed E-state index contributed by atoms with van der Waals surface area (Å²) in [5.41, 5.74) is 12.0. The van der Waals surface area contributed by atoms with E-state index in [9.17, 15) is 0 Å². The molecule has 1 atom stereocenters. The number of benzene rings is 2. The van der Waals surface area contributed by atoms with E-state index < -0.39 is 0 Å². The molecule has 4 nitrogen and oxygen atoms in total. The number of methoxy groups -OCH3 is 1. The lowest BCUT2D eigenvalue weighted by Crippen LogP contribution is -2.43. The summed E-state index contributed by atoms with van der Waals surface area (Å²) in [6, 6.07) is 13.8. The molecule has 0 radical (unpaired) electrons. The maximum absolute atomic E-state index is 5.63. The molecule has 0 amide bonds. The van der Waals surface area contributed by atoms with E-state index in [4.69, 9.17) is 9.84 Å². The second-order valence-electron chi connectivity index (χ2n) is 9.20. The molecule has 0 saturated heterocycles. The van der Waals surface area contributed by atoms with Gasteiger partial charge in [0.1, 0.15) is 0 Å². The lowest BCUT2D eigenvalue weighted by molar-refractivity contribution is 0.0702. The van der Waals surface area contributed by atoms with Crippen LogP contribution in [0.1, 0.15) is 52.9 Å². The van der Waals surface area contributed by atoms with Crippen molar-refractivity contribution in [2.24, 2.45) is 0 Å². The van der Waals surface area contributed by atoms with Crippen LogP contribution in [0.25, 0.3) is 11.3 Å². The highest BCUT2D eigenvalue weighted by Crippen LogP contribution is 2.34. The lowest BCUT2D eigenvalue weighted by atomic mass is 9.92. The monoisotopic (exact) mass is 431 g/mol. The van der Waals surface area contributed by atoms with Crippen molar-refractivity contribution in [2.75, 3.05) is 13.7 Å². The zero-order valence-electron chi connectivity index (χ0n) is 20.5. The molecule has 0 spiro atoms. The molecular weight excluding hydrogens is 394 g/mol. The molecule has 1 aromatic heterocycles. The predicted octanol–water partition coefficient (Wildman–Crippen LogP) is 5.63. The molecule has 4 rings (SSSR count). The van der Waals surface area contributed by atoms with Gasteiger partial charge in [-0.05, 0) is 62.8 Å². The van der Waals surface area contributed by atoms with Gasteiger partial charge in [-0.1, -0.05) is 48.9 Å². The second-order valence-corrected chi connectivity index (χ2v) is 9.20. The van der Waals surface area contributed by atoms with E-state index in [0.717, 1.165) is 39.1 Å². The fourth-order valence-corrected chi connectivity index (χ4v) is 5.47. The van der Waals surface area contributed by atoms with E-state index in [-0.39, 0.29) is 0 Å². The van der Waals surface area contributed by atoms with E-state index in [1.165, 1.54) is 50.3 Å². The van der Waals surface area contributed by atoms with E-state index >= 15 is 0 Å². The molecule has 1 aliphatic rings. The van der Waals surface area contributed by atoms with Crippen LogP contribution in [0.15, 0.2) is 36.4 Å². The van der Waals surface area contributed by atoms with Crippen LogP contribution in [0.4, 0.5) is 0 Å². The minimum absolute atomic E-state index is 0.381. The van der Waals surface area contributed by atoms with Gasteiger partial charge in [-0.2, -0.15) is 5.10 Å². The van der Waals surface area contributed by atoms with Crippen molar-refractivity contribution in [3.63, 3.8) is 0 Å². The van der Waals surface area contributed by atoms with Gasteiger partial charge in [0.2, 0.25) is 0 Å². The summed E-state index contributed by atoms with van der Waals surface area (Å²) in [5.74, 6) is 0. The van der Waals surface area contributed by atoms with Crippen LogP contribution < -0.4 is 0 Å². The van der Waals surface area contributed by atoms with Crippen molar-refractivity contribution in [1.82, 2.24) is 14.7 Å². The number of hydrogen-bond donors (Lipinski definition) is 0. The number of fused-ring (bicyclic) bond motifs is 1. The topological polar surface area (TPSA) is 30.3 Å². The molecule has 4 heteroatoms. The van der Waals surface area contributed by atoms with Crippen molar-refractivity contribution >= 4 is 0 Å². The summed E-state index contributed by atoms with van der Waals surface area (Å²) in [6.45, 7) is 14.6. The largest absolute Gasteiger partial charge is 0.383 e. The van der Waals surface area contributed by atoms with Crippen LogP contribution in [0.5, 0.6) is 0 Å².